The molecular weight excluding hydrogens is 204 g/mol. The molecule has 1 aliphatic heterocycles. The first kappa shape index (κ1) is 13.5. The lowest BCUT2D eigenvalue weighted by Crippen LogP contribution is -2.54. The van der Waals surface area contributed by atoms with Gasteiger partial charge in [-0.05, 0) is 52.7 Å². The standard InChI is InChI=1S/C12H24N2O2/c1-4-7-14-8-5-10(6-9-14)13-12(2,3)11(15)16/h10,13H,4-9H2,1-3H3,(H,15,16). The van der Waals surface area contributed by atoms with Gasteiger partial charge in [-0.3, -0.25) is 10.1 Å². The number of hydrogen-bond donors (Lipinski definition) is 2. The average Bonchev–Trinajstić information content (AvgIpc) is 2.21. The summed E-state index contributed by atoms with van der Waals surface area (Å²) < 4.78 is 0. The Labute approximate surface area is 98.0 Å². The van der Waals surface area contributed by atoms with Crippen LogP contribution in [-0.2, 0) is 4.79 Å². The molecule has 0 aromatic carbocycles. The van der Waals surface area contributed by atoms with Crippen LogP contribution < -0.4 is 5.32 Å². The molecule has 1 heterocycles. The molecule has 0 aromatic rings. The molecule has 1 saturated heterocycles. The van der Waals surface area contributed by atoms with Gasteiger partial charge in [-0.1, -0.05) is 6.92 Å². The van der Waals surface area contributed by atoms with E-state index in [1.165, 1.54) is 6.42 Å². The van der Waals surface area contributed by atoms with Crippen LogP contribution in [0.2, 0.25) is 0 Å². The van der Waals surface area contributed by atoms with Gasteiger partial charge in [-0.15, -0.1) is 0 Å². The highest BCUT2D eigenvalue weighted by Gasteiger charge is 2.31. The third-order valence-electron chi connectivity index (χ3n) is 3.23. The molecule has 0 bridgehead atoms. The highest BCUT2D eigenvalue weighted by molar-refractivity contribution is 5.77. The highest BCUT2D eigenvalue weighted by atomic mass is 16.4. The maximum absolute atomic E-state index is 11.0. The first-order valence-corrected chi connectivity index (χ1v) is 6.19. The Hall–Kier alpha value is -0.610. The predicted molar refractivity (Wildman–Crippen MR) is 64.6 cm³/mol. The Morgan fingerprint density at radius 2 is 2.00 bits per heavy atom. The van der Waals surface area contributed by atoms with Gasteiger partial charge in [0.2, 0.25) is 0 Å². The van der Waals surface area contributed by atoms with Crippen LogP contribution in [0, 0.1) is 0 Å². The summed E-state index contributed by atoms with van der Waals surface area (Å²) in [6, 6.07) is 0.346. The van der Waals surface area contributed by atoms with Crippen LogP contribution in [0.15, 0.2) is 0 Å². The van der Waals surface area contributed by atoms with Crippen molar-refractivity contribution in [1.82, 2.24) is 10.2 Å². The Morgan fingerprint density at radius 3 is 2.44 bits per heavy atom. The summed E-state index contributed by atoms with van der Waals surface area (Å²) in [7, 11) is 0. The molecule has 1 aliphatic rings. The van der Waals surface area contributed by atoms with E-state index in [1.54, 1.807) is 13.8 Å². The minimum Gasteiger partial charge on any atom is -0.480 e. The molecule has 16 heavy (non-hydrogen) atoms. The van der Waals surface area contributed by atoms with E-state index in [1.807, 2.05) is 0 Å². The lowest BCUT2D eigenvalue weighted by molar-refractivity contribution is -0.143. The van der Waals surface area contributed by atoms with Crippen LogP contribution in [0.3, 0.4) is 0 Å². The van der Waals surface area contributed by atoms with Gasteiger partial charge in [0.1, 0.15) is 5.54 Å². The monoisotopic (exact) mass is 228 g/mol. The van der Waals surface area contributed by atoms with Crippen molar-refractivity contribution in [2.24, 2.45) is 0 Å². The van der Waals surface area contributed by atoms with Crippen molar-refractivity contribution < 1.29 is 9.90 Å². The van der Waals surface area contributed by atoms with Gasteiger partial charge in [0, 0.05) is 6.04 Å². The van der Waals surface area contributed by atoms with Crippen molar-refractivity contribution in [3.63, 3.8) is 0 Å². The predicted octanol–water partition coefficient (Wildman–Crippen LogP) is 1.31. The molecule has 0 radical (unpaired) electrons. The Morgan fingerprint density at radius 1 is 1.44 bits per heavy atom. The van der Waals surface area contributed by atoms with E-state index in [0.29, 0.717) is 6.04 Å². The van der Waals surface area contributed by atoms with Crippen molar-refractivity contribution in [3.8, 4) is 0 Å². The molecule has 4 heteroatoms. The molecule has 0 amide bonds. The van der Waals surface area contributed by atoms with Gasteiger partial charge in [-0.25, -0.2) is 0 Å². The quantitative estimate of drug-likeness (QED) is 0.745. The van der Waals surface area contributed by atoms with Crippen LogP contribution >= 0.6 is 0 Å². The van der Waals surface area contributed by atoms with Crippen LogP contribution in [0.5, 0.6) is 0 Å². The van der Waals surface area contributed by atoms with Crippen LogP contribution in [0.4, 0.5) is 0 Å². The molecule has 0 spiro atoms. The minimum atomic E-state index is -0.808. The second kappa shape index (κ2) is 5.64. The van der Waals surface area contributed by atoms with Crippen LogP contribution in [-0.4, -0.2) is 47.2 Å². The number of nitrogens with one attached hydrogen (secondary N) is 1. The summed E-state index contributed by atoms with van der Waals surface area (Å²) in [6.07, 6.45) is 3.30. The summed E-state index contributed by atoms with van der Waals surface area (Å²) >= 11 is 0. The fourth-order valence-electron chi connectivity index (χ4n) is 2.19. The van der Waals surface area contributed by atoms with E-state index in [4.69, 9.17) is 5.11 Å². The number of carboxylic acid groups (broad SMARTS) is 1. The van der Waals surface area contributed by atoms with Gasteiger partial charge >= 0.3 is 5.97 Å². The van der Waals surface area contributed by atoms with Crippen molar-refractivity contribution in [1.29, 1.82) is 0 Å². The Balaban J connectivity index is 2.34. The molecule has 4 nitrogen and oxygen atoms in total. The second-order valence-corrected chi connectivity index (χ2v) is 5.19. The highest BCUT2D eigenvalue weighted by Crippen LogP contribution is 2.14. The van der Waals surface area contributed by atoms with Gasteiger partial charge in [-0.2, -0.15) is 0 Å². The summed E-state index contributed by atoms with van der Waals surface area (Å²) in [5.41, 5.74) is -0.808. The zero-order valence-corrected chi connectivity index (χ0v) is 10.6. The van der Waals surface area contributed by atoms with E-state index in [0.717, 1.165) is 32.5 Å². The molecule has 2 N–H and O–H groups in total. The number of carbonyl (C=O) groups is 1. The topological polar surface area (TPSA) is 52.6 Å². The third-order valence-corrected chi connectivity index (χ3v) is 3.23. The fourth-order valence-corrected chi connectivity index (χ4v) is 2.19. The van der Waals surface area contributed by atoms with Gasteiger partial charge < -0.3 is 10.0 Å². The number of nitrogens with zero attached hydrogens (tertiary/aromatic N) is 1. The number of carboxylic acids is 1. The third kappa shape index (κ3) is 3.76. The maximum atomic E-state index is 11.0. The number of aliphatic carboxylic acids is 1. The smallest absolute Gasteiger partial charge is 0.323 e. The zero-order chi connectivity index (χ0) is 12.2. The maximum Gasteiger partial charge on any atom is 0.323 e. The molecule has 0 aliphatic carbocycles. The number of hydrogen-bond acceptors (Lipinski definition) is 3. The molecule has 0 atom stereocenters. The first-order valence-electron chi connectivity index (χ1n) is 6.19. The minimum absolute atomic E-state index is 0.346. The lowest BCUT2D eigenvalue weighted by atomic mass is 9.98. The van der Waals surface area contributed by atoms with Gasteiger partial charge in [0.15, 0.2) is 0 Å². The summed E-state index contributed by atoms with van der Waals surface area (Å²) in [4.78, 5) is 13.4. The number of rotatable bonds is 5. The van der Waals surface area contributed by atoms with Crippen molar-refractivity contribution >= 4 is 5.97 Å². The van der Waals surface area contributed by atoms with E-state index in [2.05, 4.69) is 17.1 Å². The largest absolute Gasteiger partial charge is 0.480 e. The van der Waals surface area contributed by atoms with Crippen LogP contribution in [0.25, 0.3) is 0 Å². The van der Waals surface area contributed by atoms with E-state index in [9.17, 15) is 4.79 Å². The van der Waals surface area contributed by atoms with Gasteiger partial charge in [0.25, 0.3) is 0 Å². The Bertz CT molecular complexity index is 233. The second-order valence-electron chi connectivity index (χ2n) is 5.19. The average molecular weight is 228 g/mol. The normalized spacial score (nSPS) is 19.9. The van der Waals surface area contributed by atoms with Crippen LogP contribution in [0.1, 0.15) is 40.0 Å². The molecule has 0 unspecified atom stereocenters. The van der Waals surface area contributed by atoms with Crippen molar-refractivity contribution in [2.75, 3.05) is 19.6 Å². The van der Waals surface area contributed by atoms with Crippen molar-refractivity contribution in [3.05, 3.63) is 0 Å². The number of piperidine rings is 1. The Kier molecular flexibility index (Phi) is 4.74. The summed E-state index contributed by atoms with van der Waals surface area (Å²) in [5.74, 6) is -0.775. The number of likely N-dealkylation sites (tertiary alicyclic amines) is 1. The van der Waals surface area contributed by atoms with Crippen molar-refractivity contribution in [2.45, 2.75) is 51.6 Å². The molecule has 94 valence electrons. The summed E-state index contributed by atoms with van der Waals surface area (Å²) in [6.45, 7) is 8.98. The molecule has 0 saturated carbocycles. The molecule has 1 rings (SSSR count). The zero-order valence-electron chi connectivity index (χ0n) is 10.6. The first-order chi connectivity index (χ1) is 7.45. The fraction of sp³-hybridized carbons (Fsp3) is 0.917. The summed E-state index contributed by atoms with van der Waals surface area (Å²) in [5, 5.41) is 12.3. The molecule has 1 fully saturated rings. The van der Waals surface area contributed by atoms with Gasteiger partial charge in [0.05, 0.1) is 0 Å². The molecule has 0 aromatic heterocycles. The van der Waals surface area contributed by atoms with E-state index in [-0.39, 0.29) is 0 Å². The van der Waals surface area contributed by atoms with E-state index >= 15 is 0 Å². The SMILES string of the molecule is CCCN1CCC(NC(C)(C)C(=O)O)CC1. The molecular formula is C12H24N2O2. The lowest BCUT2D eigenvalue weighted by Gasteiger charge is -2.35. The van der Waals surface area contributed by atoms with E-state index < -0.39 is 11.5 Å².